The topological polar surface area (TPSA) is 60.6 Å². The van der Waals surface area contributed by atoms with Crippen molar-refractivity contribution >= 4 is 40.3 Å². The van der Waals surface area contributed by atoms with E-state index in [1.165, 1.54) is 32.5 Å². The molecule has 0 spiro atoms. The quantitative estimate of drug-likeness (QED) is 0.107. The molecule has 0 aromatic heterocycles. The third-order valence-electron chi connectivity index (χ3n) is 8.56. The van der Waals surface area contributed by atoms with Crippen molar-refractivity contribution in [2.75, 3.05) is 0 Å². The van der Waals surface area contributed by atoms with Gasteiger partial charge in [0.05, 0.1) is 5.76 Å². The normalized spacial score (nSPS) is 15.2. The van der Waals surface area contributed by atoms with E-state index in [1.807, 2.05) is 33.9 Å². The van der Waals surface area contributed by atoms with Crippen LogP contribution in [0.1, 0.15) is 81.7 Å². The van der Waals surface area contributed by atoms with Crippen LogP contribution in [0.25, 0.3) is 22.2 Å². The maximum absolute atomic E-state index is 11.7. The summed E-state index contributed by atoms with van der Waals surface area (Å²) in [5, 5.41) is 16.9. The van der Waals surface area contributed by atoms with Crippen molar-refractivity contribution in [1.82, 2.24) is 0 Å². The Morgan fingerprint density at radius 3 is 2.31 bits per heavy atom. The first-order valence-corrected chi connectivity index (χ1v) is 22.5. The van der Waals surface area contributed by atoms with Crippen molar-refractivity contribution < 1.29 is 34.7 Å². The fourth-order valence-corrected chi connectivity index (χ4v) is 8.18. The first-order valence-electron chi connectivity index (χ1n) is 15.1. The van der Waals surface area contributed by atoms with Gasteiger partial charge >= 0.3 is 157 Å². The number of ether oxygens (including phenoxy) is 1. The molecule has 4 nitrogen and oxygen atoms in total. The van der Waals surface area contributed by atoms with E-state index in [-0.39, 0.29) is 49.5 Å². The first-order chi connectivity index (χ1) is 19.5. The number of carbonyl (C=O) groups is 1. The minimum atomic E-state index is -1.97. The Morgan fingerprint density at radius 1 is 1.05 bits per heavy atom. The number of nitrogens with zero attached hydrogens (tertiary/aromatic N) is 1. The third kappa shape index (κ3) is 7.06. The molecule has 0 saturated carbocycles. The Balaban J connectivity index is 0.000000263. The summed E-state index contributed by atoms with van der Waals surface area (Å²) in [5.74, 6) is 9.73. The minimum absolute atomic E-state index is 0. The predicted octanol–water partition coefficient (Wildman–Crippen LogP) is 9.91. The van der Waals surface area contributed by atoms with E-state index >= 15 is 0 Å². The molecule has 0 aliphatic carbocycles. The number of carbonyl (C=O) groups excluding carboxylic acids is 1. The van der Waals surface area contributed by atoms with Gasteiger partial charge in [0.2, 0.25) is 0 Å². The minimum Gasteiger partial charge on any atom is 0 e. The molecule has 0 bridgehead atoms. The van der Waals surface area contributed by atoms with Gasteiger partial charge in [-0.1, -0.05) is 27.7 Å². The number of hydrogen-bond acceptors (Lipinski definition) is 3. The van der Waals surface area contributed by atoms with Gasteiger partial charge in [0, 0.05) is 38.0 Å². The summed E-state index contributed by atoms with van der Waals surface area (Å²) >= 11 is -1.97. The van der Waals surface area contributed by atoms with E-state index in [2.05, 4.69) is 72.7 Å². The molecule has 0 saturated heterocycles. The van der Waals surface area contributed by atoms with Crippen molar-refractivity contribution in [2.24, 2.45) is 11.8 Å². The van der Waals surface area contributed by atoms with Crippen LogP contribution in [0.5, 0.6) is 11.5 Å². The maximum Gasteiger partial charge on any atom is 0 e. The van der Waals surface area contributed by atoms with Gasteiger partial charge in [-0.2, -0.15) is 0 Å². The largest absolute Gasteiger partial charge is 0 e. The monoisotopic (exact) mass is 806 g/mol. The van der Waals surface area contributed by atoms with E-state index in [0.29, 0.717) is 0 Å². The van der Waals surface area contributed by atoms with Crippen LogP contribution in [-0.2, 0) is 24.9 Å². The second-order valence-electron chi connectivity index (χ2n) is 12.2. The number of aryl methyl sites for hydroxylation is 1. The number of aliphatic hydroxyl groups is 1. The van der Waals surface area contributed by atoms with Crippen LogP contribution in [0, 0.1) is 24.8 Å². The van der Waals surface area contributed by atoms with Crippen molar-refractivity contribution in [1.29, 1.82) is 0 Å². The number of aliphatic hydroxyl groups excluding tert-OH is 1. The molecule has 1 radical (unpaired) electrons. The summed E-state index contributed by atoms with van der Waals surface area (Å²) < 4.78 is 7.97. The van der Waals surface area contributed by atoms with Gasteiger partial charge in [-0.25, -0.2) is 0 Å². The summed E-state index contributed by atoms with van der Waals surface area (Å²) in [7, 11) is 0. The Labute approximate surface area is 268 Å². The van der Waals surface area contributed by atoms with Gasteiger partial charge in [-0.3, -0.25) is 4.79 Å². The van der Waals surface area contributed by atoms with Crippen molar-refractivity contribution in [3.63, 3.8) is 0 Å². The average Bonchev–Trinajstić information content (AvgIpc) is 2.95. The molecular weight excluding hydrogens is 759 g/mol. The van der Waals surface area contributed by atoms with Gasteiger partial charge in [0.15, 0.2) is 5.78 Å². The zero-order valence-electron chi connectivity index (χ0n) is 26.3. The summed E-state index contributed by atoms with van der Waals surface area (Å²) in [4.78, 5) is 11.7. The molecule has 0 fully saturated rings. The number of fused-ring (bicyclic) bond motifs is 3. The first kappa shape index (κ1) is 34.2. The van der Waals surface area contributed by atoms with Crippen LogP contribution in [-0.4, -0.2) is 24.2 Å². The van der Waals surface area contributed by atoms with Crippen LogP contribution in [0.2, 0.25) is 17.3 Å². The van der Waals surface area contributed by atoms with E-state index in [1.54, 1.807) is 0 Å². The van der Waals surface area contributed by atoms with Crippen LogP contribution in [0.15, 0.2) is 54.4 Å². The molecule has 2 heterocycles. The second kappa shape index (κ2) is 14.4. The molecular formula is C36H45GeIrNO3-2. The van der Waals surface area contributed by atoms with E-state index < -0.39 is 13.3 Å². The molecule has 1 unspecified atom stereocenters. The maximum atomic E-state index is 11.7. The van der Waals surface area contributed by atoms with E-state index in [4.69, 9.17) is 10.1 Å². The molecule has 2 aliphatic heterocycles. The Hall–Kier alpha value is -2.34. The summed E-state index contributed by atoms with van der Waals surface area (Å²) in [5.41, 5.74) is 4.68. The van der Waals surface area contributed by atoms with Crippen LogP contribution >= 0.6 is 0 Å². The van der Waals surface area contributed by atoms with Crippen LogP contribution in [0.4, 0.5) is 0 Å². The summed E-state index contributed by atoms with van der Waals surface area (Å²) in [6, 6.07) is 16.6. The number of benzene rings is 3. The fraction of sp³-hybridized carbons (Fsp3) is 0.417. The van der Waals surface area contributed by atoms with Gasteiger partial charge in [-0.05, 0) is 25.7 Å². The summed E-state index contributed by atoms with van der Waals surface area (Å²) in [6.45, 7) is 10.2. The molecule has 0 amide bonds. The summed E-state index contributed by atoms with van der Waals surface area (Å²) in [6.07, 6.45) is 8.97. The van der Waals surface area contributed by atoms with Crippen LogP contribution < -0.4 is 9.13 Å². The van der Waals surface area contributed by atoms with Crippen molar-refractivity contribution in [3.05, 3.63) is 88.1 Å². The van der Waals surface area contributed by atoms with E-state index in [9.17, 15) is 9.90 Å². The van der Waals surface area contributed by atoms with E-state index in [0.717, 1.165) is 48.1 Å². The second-order valence-corrected chi connectivity index (χ2v) is 22.9. The van der Waals surface area contributed by atoms with Crippen molar-refractivity contribution in [2.45, 2.75) is 83.6 Å². The van der Waals surface area contributed by atoms with Gasteiger partial charge in [0.1, 0.15) is 0 Å². The number of rotatable bonds is 8. The molecule has 6 heteroatoms. The standard InChI is InChI=1S/C23H21GeNO.C13H24O2.Ir/c1-14-18-8-6-5-7-15(18)12-19-22-21-16(9-10-25-22)11-17(24(2,3)4)13-20(21)26-23(14)19;1-5-10(6-2)12(14)9-13(15)11(7-3)8-4;/h5-11,13,22H,1-4H3;9-11,14H,5-8H2,1-4H3;/q-2;;/b;12-9-;. The molecule has 1 atom stereocenters. The number of ketones is 1. The molecule has 3 aromatic carbocycles. The molecule has 3 aromatic rings. The number of hydrogen-bond donors (Lipinski definition) is 1. The van der Waals surface area contributed by atoms with Gasteiger partial charge in [-0.15, -0.1) is 0 Å². The van der Waals surface area contributed by atoms with Gasteiger partial charge in [0.25, 0.3) is 0 Å². The smallest absolute Gasteiger partial charge is 0 e. The zero-order chi connectivity index (χ0) is 29.9. The average molecular weight is 805 g/mol. The molecule has 227 valence electrons. The Kier molecular flexibility index (Phi) is 11.7. The molecule has 42 heavy (non-hydrogen) atoms. The number of allylic oxidation sites excluding steroid dienone is 2. The SMILES string of the molecule is CCC(CC)C(=O)/C=C(\O)C(CC)CC.Cc1c2c([c-]c3ccccc13)C1[N-]C=Cc3c[c]([Ge]([CH3])([CH3])[CH3])cc(c31)O2.[Ir]. The fourth-order valence-electron chi connectivity index (χ4n) is 5.76. The zero-order valence-corrected chi connectivity index (χ0v) is 30.8. The van der Waals surface area contributed by atoms with Gasteiger partial charge < -0.3 is 5.11 Å². The molecule has 2 aliphatic rings. The Morgan fingerprint density at radius 2 is 1.69 bits per heavy atom. The Bertz CT molecular complexity index is 1480. The predicted molar refractivity (Wildman–Crippen MR) is 175 cm³/mol. The molecule has 1 N–H and O–H groups in total. The third-order valence-corrected chi connectivity index (χ3v) is 12.8. The van der Waals surface area contributed by atoms with Crippen molar-refractivity contribution in [3.8, 4) is 11.5 Å². The molecule has 5 rings (SSSR count). The van der Waals surface area contributed by atoms with Crippen LogP contribution in [0.3, 0.4) is 0 Å².